The largest absolute Gasteiger partial charge is 0.357 e. The quantitative estimate of drug-likeness (QED) is 0.917. The topological polar surface area (TPSA) is 42.1 Å². The van der Waals surface area contributed by atoms with E-state index in [4.69, 9.17) is 17.3 Å². The van der Waals surface area contributed by atoms with E-state index in [0.717, 1.165) is 17.4 Å². The Kier molecular flexibility index (Phi) is 5.06. The first-order valence-electron chi connectivity index (χ1n) is 7.24. The van der Waals surface area contributed by atoms with Crippen molar-refractivity contribution in [1.82, 2.24) is 4.98 Å². The number of halogens is 1. The van der Waals surface area contributed by atoms with Gasteiger partial charge < -0.3 is 10.6 Å². The molecule has 1 aromatic rings. The van der Waals surface area contributed by atoms with E-state index in [2.05, 4.69) is 23.9 Å². The number of nitrogens with two attached hydrogens (primary N) is 1. The van der Waals surface area contributed by atoms with E-state index in [1.54, 1.807) is 0 Å². The molecule has 0 aliphatic heterocycles. The minimum atomic E-state index is 0.392. The van der Waals surface area contributed by atoms with Gasteiger partial charge in [-0.3, -0.25) is 0 Å². The summed E-state index contributed by atoms with van der Waals surface area (Å²) in [6.45, 7) is 2.69. The molecule has 19 heavy (non-hydrogen) atoms. The summed E-state index contributed by atoms with van der Waals surface area (Å²) in [5, 5.41) is 0.661. The smallest absolute Gasteiger partial charge is 0.128 e. The van der Waals surface area contributed by atoms with Gasteiger partial charge in [0.1, 0.15) is 5.82 Å². The lowest BCUT2D eigenvalue weighted by molar-refractivity contribution is 0.313. The molecule has 2 N–H and O–H groups in total. The number of hydrogen-bond acceptors (Lipinski definition) is 3. The molecule has 0 saturated heterocycles. The third-order valence-electron chi connectivity index (χ3n) is 4.40. The minimum absolute atomic E-state index is 0.392. The predicted molar refractivity (Wildman–Crippen MR) is 81.6 cm³/mol. The van der Waals surface area contributed by atoms with E-state index in [1.165, 1.54) is 32.1 Å². The summed E-state index contributed by atoms with van der Waals surface area (Å²) in [5.74, 6) is 1.91. The Morgan fingerprint density at radius 1 is 1.32 bits per heavy atom. The molecule has 3 nitrogen and oxygen atoms in total. The molecule has 0 bridgehead atoms. The Hall–Kier alpha value is -0.800. The summed E-state index contributed by atoms with van der Waals surface area (Å²) in [5.41, 5.74) is 6.45. The van der Waals surface area contributed by atoms with Crippen molar-refractivity contribution in [2.45, 2.75) is 51.6 Å². The van der Waals surface area contributed by atoms with Crippen LogP contribution in [0, 0.1) is 5.92 Å². The lowest BCUT2D eigenvalue weighted by Gasteiger charge is -2.35. The maximum Gasteiger partial charge on any atom is 0.128 e. The molecule has 0 amide bonds. The monoisotopic (exact) mass is 281 g/mol. The van der Waals surface area contributed by atoms with Gasteiger partial charge in [-0.25, -0.2) is 4.98 Å². The molecule has 2 rings (SSSR count). The van der Waals surface area contributed by atoms with Crippen molar-refractivity contribution < 1.29 is 0 Å². The summed E-state index contributed by atoms with van der Waals surface area (Å²) in [6.07, 6.45) is 6.51. The van der Waals surface area contributed by atoms with E-state index in [-0.39, 0.29) is 0 Å². The van der Waals surface area contributed by atoms with Crippen LogP contribution in [-0.2, 0) is 6.54 Å². The molecule has 1 aromatic heterocycles. The SMILES string of the molecule is CCC1CCC(N(C)c2ccc(Cl)c(CN)n2)CC1. The molecule has 0 aromatic carbocycles. The fraction of sp³-hybridized carbons (Fsp3) is 0.667. The first-order valence-corrected chi connectivity index (χ1v) is 7.61. The average Bonchev–Trinajstić information content (AvgIpc) is 2.47. The van der Waals surface area contributed by atoms with E-state index in [1.807, 2.05) is 12.1 Å². The van der Waals surface area contributed by atoms with Gasteiger partial charge >= 0.3 is 0 Å². The third kappa shape index (κ3) is 3.40. The van der Waals surface area contributed by atoms with Crippen LogP contribution in [0.4, 0.5) is 5.82 Å². The third-order valence-corrected chi connectivity index (χ3v) is 4.74. The van der Waals surface area contributed by atoms with Crippen molar-refractivity contribution in [3.05, 3.63) is 22.8 Å². The Bertz CT molecular complexity index is 414. The van der Waals surface area contributed by atoms with Crippen LogP contribution in [0.1, 0.15) is 44.7 Å². The van der Waals surface area contributed by atoms with E-state index >= 15 is 0 Å². The van der Waals surface area contributed by atoms with E-state index in [0.29, 0.717) is 17.6 Å². The fourth-order valence-electron chi connectivity index (χ4n) is 2.94. The summed E-state index contributed by atoms with van der Waals surface area (Å²) >= 11 is 6.06. The summed E-state index contributed by atoms with van der Waals surface area (Å²) in [4.78, 5) is 6.87. The summed E-state index contributed by atoms with van der Waals surface area (Å²) < 4.78 is 0. The van der Waals surface area contributed by atoms with Crippen molar-refractivity contribution in [1.29, 1.82) is 0 Å². The van der Waals surface area contributed by atoms with Gasteiger partial charge in [-0.1, -0.05) is 24.9 Å². The lowest BCUT2D eigenvalue weighted by atomic mass is 9.84. The highest BCUT2D eigenvalue weighted by molar-refractivity contribution is 6.31. The zero-order valence-electron chi connectivity index (χ0n) is 11.9. The van der Waals surface area contributed by atoms with Crippen molar-refractivity contribution in [2.24, 2.45) is 11.7 Å². The lowest BCUT2D eigenvalue weighted by Crippen LogP contribution is -2.35. The fourth-order valence-corrected chi connectivity index (χ4v) is 3.12. The normalized spacial score (nSPS) is 23.4. The zero-order valence-corrected chi connectivity index (χ0v) is 12.7. The predicted octanol–water partition coefficient (Wildman–Crippen LogP) is 3.60. The molecule has 4 heteroatoms. The van der Waals surface area contributed by atoms with Crippen molar-refractivity contribution >= 4 is 17.4 Å². The molecule has 1 saturated carbocycles. The minimum Gasteiger partial charge on any atom is -0.357 e. The molecule has 106 valence electrons. The van der Waals surface area contributed by atoms with Crippen molar-refractivity contribution in [3.8, 4) is 0 Å². The molecule has 1 fully saturated rings. The number of anilines is 1. The van der Waals surface area contributed by atoms with Crippen LogP contribution in [0.5, 0.6) is 0 Å². The van der Waals surface area contributed by atoms with Crippen LogP contribution in [0.15, 0.2) is 12.1 Å². The molecule has 1 aliphatic rings. The number of pyridine rings is 1. The molecule has 0 unspecified atom stereocenters. The first kappa shape index (κ1) is 14.6. The van der Waals surface area contributed by atoms with Crippen molar-refractivity contribution in [2.75, 3.05) is 11.9 Å². The summed E-state index contributed by atoms with van der Waals surface area (Å²) in [6, 6.07) is 4.50. The van der Waals surface area contributed by atoms with Gasteiger partial charge in [0.2, 0.25) is 0 Å². The standard InChI is InChI=1S/C15H24ClN3/c1-3-11-4-6-12(7-5-11)19(2)15-9-8-13(16)14(10-17)18-15/h8-9,11-12H,3-7,10,17H2,1-2H3. The summed E-state index contributed by atoms with van der Waals surface area (Å²) in [7, 11) is 2.13. The van der Waals surface area contributed by atoms with Crippen LogP contribution < -0.4 is 10.6 Å². The molecule has 1 aliphatic carbocycles. The molecule has 1 heterocycles. The van der Waals surface area contributed by atoms with Gasteiger partial charge in [0.25, 0.3) is 0 Å². The number of hydrogen-bond donors (Lipinski definition) is 1. The van der Waals surface area contributed by atoms with E-state index < -0.39 is 0 Å². The van der Waals surface area contributed by atoms with E-state index in [9.17, 15) is 0 Å². The van der Waals surface area contributed by atoms with Gasteiger partial charge in [-0.05, 0) is 43.7 Å². The second kappa shape index (κ2) is 6.58. The maximum absolute atomic E-state index is 6.06. The Morgan fingerprint density at radius 2 is 2.00 bits per heavy atom. The zero-order chi connectivity index (χ0) is 13.8. The highest BCUT2D eigenvalue weighted by atomic mass is 35.5. The van der Waals surface area contributed by atoms with Gasteiger partial charge in [0.05, 0.1) is 10.7 Å². The Morgan fingerprint density at radius 3 is 2.58 bits per heavy atom. The molecular formula is C15H24ClN3. The second-order valence-electron chi connectivity index (χ2n) is 5.50. The van der Waals surface area contributed by atoms with Crippen LogP contribution >= 0.6 is 11.6 Å². The van der Waals surface area contributed by atoms with Crippen LogP contribution in [0.3, 0.4) is 0 Å². The van der Waals surface area contributed by atoms with Crippen LogP contribution in [0.2, 0.25) is 5.02 Å². The Balaban J connectivity index is 2.05. The van der Waals surface area contributed by atoms with Gasteiger partial charge in [0, 0.05) is 19.6 Å². The maximum atomic E-state index is 6.06. The van der Waals surface area contributed by atoms with Gasteiger partial charge in [0.15, 0.2) is 0 Å². The van der Waals surface area contributed by atoms with Gasteiger partial charge in [-0.15, -0.1) is 0 Å². The molecule has 0 atom stereocenters. The molecule has 0 spiro atoms. The average molecular weight is 282 g/mol. The number of aromatic nitrogens is 1. The molecular weight excluding hydrogens is 258 g/mol. The highest BCUT2D eigenvalue weighted by Gasteiger charge is 2.24. The highest BCUT2D eigenvalue weighted by Crippen LogP contribution is 2.31. The number of nitrogens with zero attached hydrogens (tertiary/aromatic N) is 2. The number of rotatable bonds is 4. The molecule has 0 radical (unpaired) electrons. The van der Waals surface area contributed by atoms with Crippen LogP contribution in [0.25, 0.3) is 0 Å². The van der Waals surface area contributed by atoms with Crippen LogP contribution in [-0.4, -0.2) is 18.1 Å². The van der Waals surface area contributed by atoms with Gasteiger partial charge in [-0.2, -0.15) is 0 Å². The first-order chi connectivity index (χ1) is 9.15. The second-order valence-corrected chi connectivity index (χ2v) is 5.90. The Labute approximate surface area is 121 Å². The van der Waals surface area contributed by atoms with Crippen molar-refractivity contribution in [3.63, 3.8) is 0 Å².